The fourth-order valence-corrected chi connectivity index (χ4v) is 6.84. The molecule has 3 aromatic carbocycles. The maximum Gasteiger partial charge on any atom is 0.272 e. The molecule has 6 rings (SSSR count). The Bertz CT molecular complexity index is 1570. The van der Waals surface area contributed by atoms with E-state index < -0.39 is 5.54 Å². The number of para-hydroxylation sites is 1. The number of ether oxygens (including phenoxy) is 1. The van der Waals surface area contributed by atoms with E-state index in [1.807, 2.05) is 67.6 Å². The lowest BCUT2D eigenvalue weighted by Gasteiger charge is -2.47. The van der Waals surface area contributed by atoms with Gasteiger partial charge in [0, 0.05) is 22.5 Å². The van der Waals surface area contributed by atoms with Crippen molar-refractivity contribution in [2.24, 2.45) is 0 Å². The third kappa shape index (κ3) is 5.19. The second-order valence-corrected chi connectivity index (χ2v) is 11.9. The molecule has 1 aliphatic carbocycles. The van der Waals surface area contributed by atoms with E-state index in [0.29, 0.717) is 18.8 Å². The first kappa shape index (κ1) is 28.1. The summed E-state index contributed by atoms with van der Waals surface area (Å²) in [5.41, 5.74) is 3.15. The van der Waals surface area contributed by atoms with E-state index in [1.165, 1.54) is 19.3 Å². The van der Waals surface area contributed by atoms with Crippen molar-refractivity contribution in [3.8, 4) is 5.75 Å². The number of aryl methyl sites for hydroxylation is 1. The predicted octanol–water partition coefficient (Wildman–Crippen LogP) is 7.13. The van der Waals surface area contributed by atoms with E-state index in [2.05, 4.69) is 35.0 Å². The molecule has 0 saturated heterocycles. The third-order valence-corrected chi connectivity index (χ3v) is 9.04. The highest BCUT2D eigenvalue weighted by atomic mass is 16.5. The molecule has 0 radical (unpaired) electrons. The molecule has 1 atom stereocenters. The average molecular weight is 564 g/mol. The van der Waals surface area contributed by atoms with Crippen molar-refractivity contribution in [1.82, 2.24) is 14.8 Å². The fraction of sp³-hybridized carbons (Fsp3) is 0.389. The Morgan fingerprint density at radius 1 is 0.929 bits per heavy atom. The summed E-state index contributed by atoms with van der Waals surface area (Å²) >= 11 is 0. The average Bonchev–Trinajstić information content (AvgIpc) is 3.34. The summed E-state index contributed by atoms with van der Waals surface area (Å²) in [5.74, 6) is 0.469. The standard InChI is InChI=1S/C36H41N3O3/c1-3-42-33-19-13-12-14-28(33)24-39-34(40)32-23-27-21-20-26(2)22-31(27)38(32)25-36(39,29-15-8-7-9-16-29)35(41)37-30-17-10-5-4-6-11-18-30/h7-9,12-16,19-23,30H,3-6,10-11,17-18,24-25H2,1-2H3,(H,37,41)/t36-/m1/s1. The molecule has 6 nitrogen and oxygen atoms in total. The van der Waals surface area contributed by atoms with Crippen LogP contribution in [0.2, 0.25) is 0 Å². The van der Waals surface area contributed by atoms with Crippen LogP contribution in [0, 0.1) is 6.92 Å². The normalized spacial score (nSPS) is 19.7. The summed E-state index contributed by atoms with van der Waals surface area (Å²) < 4.78 is 8.05. The summed E-state index contributed by atoms with van der Waals surface area (Å²) in [5, 5.41) is 4.48. The van der Waals surface area contributed by atoms with Crippen molar-refractivity contribution in [3.05, 3.63) is 101 Å². The van der Waals surface area contributed by atoms with E-state index in [9.17, 15) is 9.59 Å². The Labute approximate surface area is 248 Å². The van der Waals surface area contributed by atoms with Crippen molar-refractivity contribution in [2.45, 2.75) is 83.5 Å². The smallest absolute Gasteiger partial charge is 0.272 e. The zero-order valence-corrected chi connectivity index (χ0v) is 24.8. The summed E-state index contributed by atoms with van der Waals surface area (Å²) in [6, 6.07) is 26.0. The van der Waals surface area contributed by atoms with E-state index in [-0.39, 0.29) is 24.4 Å². The molecule has 2 aliphatic rings. The largest absolute Gasteiger partial charge is 0.494 e. The number of amides is 2. The zero-order chi connectivity index (χ0) is 29.1. The number of hydrogen-bond acceptors (Lipinski definition) is 3. The van der Waals surface area contributed by atoms with Crippen LogP contribution in [-0.2, 0) is 23.4 Å². The first-order chi connectivity index (χ1) is 20.5. The molecule has 1 fully saturated rings. The molecule has 1 N–H and O–H groups in total. The van der Waals surface area contributed by atoms with E-state index in [0.717, 1.165) is 59.0 Å². The number of fused-ring (bicyclic) bond motifs is 3. The van der Waals surface area contributed by atoms with Gasteiger partial charge >= 0.3 is 0 Å². The Kier molecular flexibility index (Phi) is 8.05. The van der Waals surface area contributed by atoms with Gasteiger partial charge < -0.3 is 19.5 Å². The quantitative estimate of drug-likeness (QED) is 0.260. The lowest BCUT2D eigenvalue weighted by molar-refractivity contribution is -0.136. The molecule has 1 saturated carbocycles. The van der Waals surface area contributed by atoms with Crippen LogP contribution < -0.4 is 10.1 Å². The Morgan fingerprint density at radius 2 is 1.64 bits per heavy atom. The molecule has 218 valence electrons. The molecule has 0 bridgehead atoms. The molecule has 1 aliphatic heterocycles. The molecule has 2 heterocycles. The Balaban J connectivity index is 1.53. The topological polar surface area (TPSA) is 63.6 Å². The number of hydrogen-bond donors (Lipinski definition) is 1. The molecule has 42 heavy (non-hydrogen) atoms. The van der Waals surface area contributed by atoms with Gasteiger partial charge in [0.15, 0.2) is 5.54 Å². The molecule has 2 amide bonds. The number of carbonyl (C=O) groups excluding carboxylic acids is 2. The number of carbonyl (C=O) groups is 2. The van der Waals surface area contributed by atoms with Crippen LogP contribution in [0.3, 0.4) is 0 Å². The molecular formula is C36H41N3O3. The SMILES string of the molecule is CCOc1ccccc1CN1C(=O)c2cc3ccc(C)cc3n2C[C@]1(C(=O)NC1CCCCCCC1)c1ccccc1. The van der Waals surface area contributed by atoms with Gasteiger partial charge in [0.1, 0.15) is 11.4 Å². The lowest BCUT2D eigenvalue weighted by Crippen LogP contribution is -2.64. The summed E-state index contributed by atoms with van der Waals surface area (Å²) in [6.45, 7) is 5.13. The molecule has 1 aromatic heterocycles. The first-order valence-corrected chi connectivity index (χ1v) is 15.5. The van der Waals surface area contributed by atoms with Crippen molar-refractivity contribution in [2.75, 3.05) is 6.61 Å². The van der Waals surface area contributed by atoms with Crippen LogP contribution in [0.15, 0.2) is 78.9 Å². The van der Waals surface area contributed by atoms with Crippen molar-refractivity contribution in [1.29, 1.82) is 0 Å². The van der Waals surface area contributed by atoms with Gasteiger partial charge in [0.2, 0.25) is 0 Å². The van der Waals surface area contributed by atoms with Gasteiger partial charge in [-0.05, 0) is 56.0 Å². The van der Waals surface area contributed by atoms with E-state index >= 15 is 0 Å². The summed E-state index contributed by atoms with van der Waals surface area (Å²) in [4.78, 5) is 31.4. The van der Waals surface area contributed by atoms with Gasteiger partial charge in [0.05, 0.1) is 19.7 Å². The number of nitrogens with one attached hydrogen (secondary N) is 1. The van der Waals surface area contributed by atoms with E-state index in [1.54, 1.807) is 4.90 Å². The lowest BCUT2D eigenvalue weighted by atomic mass is 9.83. The highest BCUT2D eigenvalue weighted by Crippen LogP contribution is 2.41. The van der Waals surface area contributed by atoms with Crippen LogP contribution in [0.1, 0.15) is 79.0 Å². The summed E-state index contributed by atoms with van der Waals surface area (Å²) in [6.07, 6.45) is 7.82. The van der Waals surface area contributed by atoms with Crippen molar-refractivity contribution < 1.29 is 14.3 Å². The van der Waals surface area contributed by atoms with Crippen molar-refractivity contribution >= 4 is 22.7 Å². The number of rotatable bonds is 7. The second-order valence-electron chi connectivity index (χ2n) is 11.9. The van der Waals surface area contributed by atoms with Crippen LogP contribution in [0.25, 0.3) is 10.9 Å². The number of nitrogens with zero attached hydrogens (tertiary/aromatic N) is 2. The maximum atomic E-state index is 14.9. The Hall–Kier alpha value is -4.06. The number of benzene rings is 3. The molecule has 0 unspecified atom stereocenters. The molecule has 4 aromatic rings. The van der Waals surface area contributed by atoms with Gasteiger partial charge in [-0.3, -0.25) is 9.59 Å². The minimum atomic E-state index is -1.25. The van der Waals surface area contributed by atoms with E-state index in [4.69, 9.17) is 4.74 Å². The highest BCUT2D eigenvalue weighted by Gasteiger charge is 2.53. The summed E-state index contributed by atoms with van der Waals surface area (Å²) in [7, 11) is 0. The molecular weight excluding hydrogens is 522 g/mol. The Morgan fingerprint density at radius 3 is 2.40 bits per heavy atom. The van der Waals surface area contributed by atoms with Crippen LogP contribution in [-0.4, -0.2) is 33.9 Å². The fourth-order valence-electron chi connectivity index (χ4n) is 6.84. The van der Waals surface area contributed by atoms with Crippen LogP contribution in [0.4, 0.5) is 0 Å². The maximum absolute atomic E-state index is 14.9. The zero-order valence-electron chi connectivity index (χ0n) is 24.8. The second kappa shape index (κ2) is 12.0. The third-order valence-electron chi connectivity index (χ3n) is 9.04. The minimum absolute atomic E-state index is 0.0936. The predicted molar refractivity (Wildman–Crippen MR) is 167 cm³/mol. The van der Waals surface area contributed by atoms with Crippen molar-refractivity contribution in [3.63, 3.8) is 0 Å². The number of aromatic nitrogens is 1. The molecule has 6 heteroatoms. The van der Waals surface area contributed by atoms with Gasteiger partial charge in [-0.2, -0.15) is 0 Å². The first-order valence-electron chi connectivity index (χ1n) is 15.5. The minimum Gasteiger partial charge on any atom is -0.494 e. The monoisotopic (exact) mass is 563 g/mol. The van der Waals surface area contributed by atoms with Gasteiger partial charge in [-0.1, -0.05) is 92.8 Å². The van der Waals surface area contributed by atoms with Gasteiger partial charge in [0.25, 0.3) is 11.8 Å². The molecule has 0 spiro atoms. The van der Waals surface area contributed by atoms with Crippen LogP contribution in [0.5, 0.6) is 5.75 Å². The van der Waals surface area contributed by atoms with Crippen LogP contribution >= 0.6 is 0 Å². The highest BCUT2D eigenvalue weighted by molar-refractivity contribution is 6.04. The van der Waals surface area contributed by atoms with Gasteiger partial charge in [-0.15, -0.1) is 0 Å². The van der Waals surface area contributed by atoms with Gasteiger partial charge in [-0.25, -0.2) is 0 Å².